The Labute approximate surface area is 242 Å². The molecule has 0 fully saturated rings. The lowest BCUT2D eigenvalue weighted by molar-refractivity contribution is 0.00624. The Kier molecular flexibility index (Phi) is 24.6. The van der Waals surface area contributed by atoms with Crippen molar-refractivity contribution in [3.05, 3.63) is 47.9 Å². The zero-order chi connectivity index (χ0) is 28.9. The van der Waals surface area contributed by atoms with Crippen molar-refractivity contribution in [2.24, 2.45) is 0 Å². The van der Waals surface area contributed by atoms with E-state index in [0.717, 1.165) is 61.2 Å². The second kappa shape index (κ2) is 27.2. The maximum absolute atomic E-state index is 5.67. The summed E-state index contributed by atoms with van der Waals surface area (Å²) in [4.78, 5) is 0. The van der Waals surface area contributed by atoms with E-state index in [4.69, 9.17) is 37.9 Å². The zero-order valence-corrected chi connectivity index (χ0v) is 25.5. The largest absolute Gasteiger partial charge is 0.498 e. The van der Waals surface area contributed by atoms with Crippen molar-refractivity contribution in [3.8, 4) is 0 Å². The van der Waals surface area contributed by atoms with E-state index in [9.17, 15) is 0 Å². The molecule has 0 aliphatic rings. The minimum Gasteiger partial charge on any atom is -0.498 e. The smallest absolute Gasteiger partial charge is 0.111 e. The third-order valence-corrected chi connectivity index (χ3v) is 5.76. The Morgan fingerprint density at radius 3 is 1.18 bits per heavy atom. The Morgan fingerprint density at radius 1 is 0.500 bits per heavy atom. The van der Waals surface area contributed by atoms with Crippen LogP contribution in [0.25, 0.3) is 11.1 Å². The van der Waals surface area contributed by atoms with Crippen LogP contribution in [-0.4, -0.2) is 92.5 Å². The number of ether oxygens (including phenoxy) is 8. The van der Waals surface area contributed by atoms with Crippen LogP contribution in [0.1, 0.15) is 64.5 Å². The van der Waals surface area contributed by atoms with Gasteiger partial charge in [0.1, 0.15) is 13.2 Å². The molecule has 1 aromatic rings. The summed E-state index contributed by atoms with van der Waals surface area (Å²) in [6.45, 7) is 16.7. The van der Waals surface area contributed by atoms with E-state index in [1.54, 1.807) is 12.5 Å². The molecule has 0 saturated heterocycles. The van der Waals surface area contributed by atoms with E-state index < -0.39 is 0 Å². The third-order valence-electron chi connectivity index (χ3n) is 5.76. The molecule has 8 heteroatoms. The maximum Gasteiger partial charge on any atom is 0.111 e. The van der Waals surface area contributed by atoms with Crippen molar-refractivity contribution in [2.75, 3.05) is 92.5 Å². The fourth-order valence-electron chi connectivity index (χ4n) is 3.30. The second-order valence-corrected chi connectivity index (χ2v) is 9.31. The highest BCUT2D eigenvalue weighted by atomic mass is 16.6. The van der Waals surface area contributed by atoms with Crippen LogP contribution in [0.15, 0.2) is 36.8 Å². The van der Waals surface area contributed by atoms with Gasteiger partial charge in [-0.3, -0.25) is 0 Å². The van der Waals surface area contributed by atoms with E-state index in [1.165, 1.54) is 0 Å². The molecule has 0 saturated carbocycles. The lowest BCUT2D eigenvalue weighted by atomic mass is 10.0. The molecule has 40 heavy (non-hydrogen) atoms. The molecule has 0 aliphatic carbocycles. The molecule has 0 heterocycles. The molecule has 8 nitrogen and oxygen atoms in total. The van der Waals surface area contributed by atoms with Crippen molar-refractivity contribution in [2.45, 2.75) is 53.4 Å². The van der Waals surface area contributed by atoms with Crippen LogP contribution in [0.5, 0.6) is 0 Å². The maximum atomic E-state index is 5.67. The summed E-state index contributed by atoms with van der Waals surface area (Å²) in [6, 6.07) is 8.30. The van der Waals surface area contributed by atoms with Gasteiger partial charge in [-0.25, -0.2) is 0 Å². The van der Waals surface area contributed by atoms with Gasteiger partial charge in [-0.1, -0.05) is 44.9 Å². The Hall–Kier alpha value is -1.94. The highest BCUT2D eigenvalue weighted by molar-refractivity contribution is 5.70. The molecule has 0 aliphatic heterocycles. The van der Waals surface area contributed by atoms with E-state index in [0.29, 0.717) is 79.3 Å². The first-order valence-corrected chi connectivity index (χ1v) is 14.8. The van der Waals surface area contributed by atoms with Gasteiger partial charge < -0.3 is 37.9 Å². The van der Waals surface area contributed by atoms with Crippen LogP contribution in [0.3, 0.4) is 0 Å². The van der Waals surface area contributed by atoms with Crippen LogP contribution in [-0.2, 0) is 37.9 Å². The Morgan fingerprint density at radius 2 is 0.825 bits per heavy atom. The molecule has 0 unspecified atom stereocenters. The summed E-state index contributed by atoms with van der Waals surface area (Å²) in [7, 11) is 0. The molecule has 0 atom stereocenters. The van der Waals surface area contributed by atoms with Crippen LogP contribution in [0.4, 0.5) is 0 Å². The van der Waals surface area contributed by atoms with Crippen LogP contribution in [0.2, 0.25) is 0 Å². The number of allylic oxidation sites excluding steroid dienone is 2. The molecule has 0 amide bonds. The minimum atomic E-state index is 0.492. The number of hydrogen-bond donors (Lipinski definition) is 0. The van der Waals surface area contributed by atoms with Gasteiger partial charge in [0.05, 0.1) is 78.6 Å². The molecule has 0 N–H and O–H groups in total. The summed E-state index contributed by atoms with van der Waals surface area (Å²) < 4.78 is 44.3. The lowest BCUT2D eigenvalue weighted by Crippen LogP contribution is -2.11. The average molecular weight is 567 g/mol. The third kappa shape index (κ3) is 20.9. The predicted octanol–water partition coefficient (Wildman–Crippen LogP) is 6.14. The second-order valence-electron chi connectivity index (χ2n) is 9.31. The van der Waals surface area contributed by atoms with E-state index in [2.05, 4.69) is 32.0 Å². The van der Waals surface area contributed by atoms with Gasteiger partial charge in [-0.15, -0.1) is 0 Å². The molecular weight excluding hydrogens is 512 g/mol. The van der Waals surface area contributed by atoms with Crippen LogP contribution < -0.4 is 0 Å². The zero-order valence-electron chi connectivity index (χ0n) is 25.5. The standard InChI is InChI=1S/C32H54O8/c1-5-7-12-33-14-16-35-18-20-37-22-24-39-27-29(3)31-10-9-11-32(26-31)30(4)28-40-25-23-38-21-19-36-17-15-34-13-8-6-2/h9-11,26-28H,5-8,12-25H2,1-4H3. The van der Waals surface area contributed by atoms with Crippen LogP contribution in [0, 0.1) is 0 Å². The number of hydrogen-bond acceptors (Lipinski definition) is 8. The van der Waals surface area contributed by atoms with Gasteiger partial charge in [0.15, 0.2) is 0 Å². The van der Waals surface area contributed by atoms with Gasteiger partial charge in [-0.05, 0) is 55.0 Å². The molecular formula is C32H54O8. The molecule has 0 bridgehead atoms. The minimum absolute atomic E-state index is 0.492. The topological polar surface area (TPSA) is 73.8 Å². The SMILES string of the molecule is CCCCOCCOCCOCCOC=C(C)c1cccc(C(C)=COCCOCCOCCOCCCC)c1. The van der Waals surface area contributed by atoms with Gasteiger partial charge in [-0.2, -0.15) is 0 Å². The first kappa shape index (κ1) is 36.1. The fourth-order valence-corrected chi connectivity index (χ4v) is 3.30. The average Bonchev–Trinajstić information content (AvgIpc) is 2.97. The van der Waals surface area contributed by atoms with E-state index >= 15 is 0 Å². The van der Waals surface area contributed by atoms with Gasteiger partial charge in [0.25, 0.3) is 0 Å². The van der Waals surface area contributed by atoms with Gasteiger partial charge in [0.2, 0.25) is 0 Å². The molecule has 1 rings (SSSR count). The highest BCUT2D eigenvalue weighted by Gasteiger charge is 2.02. The molecule has 0 spiro atoms. The van der Waals surface area contributed by atoms with Gasteiger partial charge >= 0.3 is 0 Å². The Balaban J connectivity index is 2.13. The molecule has 0 radical (unpaired) electrons. The quantitative estimate of drug-likeness (QED) is 0.0885. The summed E-state index contributed by atoms with van der Waals surface area (Å²) in [5.74, 6) is 0. The monoisotopic (exact) mass is 566 g/mol. The Bertz CT molecular complexity index is 706. The number of unbranched alkanes of at least 4 members (excludes halogenated alkanes) is 2. The van der Waals surface area contributed by atoms with Crippen molar-refractivity contribution in [1.29, 1.82) is 0 Å². The highest BCUT2D eigenvalue weighted by Crippen LogP contribution is 2.20. The summed E-state index contributed by atoms with van der Waals surface area (Å²) in [5, 5.41) is 0. The summed E-state index contributed by atoms with van der Waals surface area (Å²) >= 11 is 0. The van der Waals surface area contributed by atoms with Crippen molar-refractivity contribution in [1.82, 2.24) is 0 Å². The molecule has 230 valence electrons. The van der Waals surface area contributed by atoms with E-state index in [1.807, 2.05) is 19.9 Å². The first-order valence-electron chi connectivity index (χ1n) is 14.8. The predicted molar refractivity (Wildman–Crippen MR) is 160 cm³/mol. The number of rotatable bonds is 28. The van der Waals surface area contributed by atoms with Crippen molar-refractivity contribution >= 4 is 11.1 Å². The van der Waals surface area contributed by atoms with Crippen molar-refractivity contribution in [3.63, 3.8) is 0 Å². The summed E-state index contributed by atoms with van der Waals surface area (Å²) in [6.07, 6.45) is 8.05. The fraction of sp³-hybridized carbons (Fsp3) is 0.688. The van der Waals surface area contributed by atoms with Crippen molar-refractivity contribution < 1.29 is 37.9 Å². The van der Waals surface area contributed by atoms with Gasteiger partial charge in [0, 0.05) is 13.2 Å². The molecule has 1 aromatic carbocycles. The van der Waals surface area contributed by atoms with E-state index in [-0.39, 0.29) is 0 Å². The van der Waals surface area contributed by atoms with Crippen LogP contribution >= 0.6 is 0 Å². The normalized spacial score (nSPS) is 12.2. The molecule has 0 aromatic heterocycles. The first-order chi connectivity index (χ1) is 19.7. The lowest BCUT2D eigenvalue weighted by Gasteiger charge is -2.09. The number of benzene rings is 1. The summed E-state index contributed by atoms with van der Waals surface area (Å²) in [5.41, 5.74) is 4.29.